The van der Waals surface area contributed by atoms with Crippen molar-refractivity contribution in [2.75, 3.05) is 0 Å². The van der Waals surface area contributed by atoms with Crippen molar-refractivity contribution in [2.24, 2.45) is 0 Å². The van der Waals surface area contributed by atoms with Crippen LogP contribution in [0.1, 0.15) is 15.9 Å². The van der Waals surface area contributed by atoms with Crippen molar-refractivity contribution in [3.05, 3.63) is 62.0 Å². The van der Waals surface area contributed by atoms with Crippen LogP contribution in [-0.4, -0.2) is 15.6 Å². The van der Waals surface area contributed by atoms with Gasteiger partial charge < -0.3 is 5.11 Å². The maximum absolute atomic E-state index is 11.9. The van der Waals surface area contributed by atoms with Gasteiger partial charge >= 0.3 is 5.97 Å². The minimum Gasteiger partial charge on any atom is -0.478 e. The van der Waals surface area contributed by atoms with Gasteiger partial charge in [-0.05, 0) is 24.6 Å². The number of carboxylic acid groups (broad SMARTS) is 1. The number of carbonyl (C=O) groups is 1. The highest BCUT2D eigenvalue weighted by atomic mass is 35.5. The zero-order valence-corrected chi connectivity index (χ0v) is 11.4. The number of aromatic carboxylic acids is 1. The van der Waals surface area contributed by atoms with E-state index >= 15 is 0 Å². The van der Waals surface area contributed by atoms with Crippen LogP contribution in [0.3, 0.4) is 0 Å². The van der Waals surface area contributed by atoms with Gasteiger partial charge in [0.1, 0.15) is 0 Å². The second kappa shape index (κ2) is 5.07. The van der Waals surface area contributed by atoms with E-state index in [1.165, 1.54) is 18.3 Å². The maximum atomic E-state index is 11.9. The molecule has 1 N–H and O–H groups in total. The summed E-state index contributed by atoms with van der Waals surface area (Å²) in [4.78, 5) is 22.8. The molecule has 0 spiro atoms. The minimum atomic E-state index is -1.13. The third-order valence-electron chi connectivity index (χ3n) is 2.66. The molecule has 0 saturated carbocycles. The molecular weight excluding hydrogens is 289 g/mol. The Bertz CT molecular complexity index is 722. The van der Waals surface area contributed by atoms with E-state index in [1.54, 1.807) is 19.1 Å². The fourth-order valence-electron chi connectivity index (χ4n) is 1.65. The van der Waals surface area contributed by atoms with E-state index < -0.39 is 11.5 Å². The van der Waals surface area contributed by atoms with Crippen molar-refractivity contribution < 1.29 is 9.90 Å². The van der Waals surface area contributed by atoms with E-state index in [2.05, 4.69) is 0 Å². The van der Waals surface area contributed by atoms with Crippen LogP contribution in [-0.2, 0) is 0 Å². The van der Waals surface area contributed by atoms with Crippen LogP contribution in [0.2, 0.25) is 10.0 Å². The smallest absolute Gasteiger partial charge is 0.337 e. The van der Waals surface area contributed by atoms with Crippen molar-refractivity contribution >= 4 is 29.2 Å². The molecule has 1 aromatic carbocycles. The predicted octanol–water partition coefficient (Wildman–Crippen LogP) is 3.15. The average molecular weight is 298 g/mol. The van der Waals surface area contributed by atoms with Crippen molar-refractivity contribution in [1.29, 1.82) is 0 Å². The van der Waals surface area contributed by atoms with Crippen molar-refractivity contribution in [1.82, 2.24) is 4.57 Å². The topological polar surface area (TPSA) is 59.3 Å². The Morgan fingerprint density at radius 2 is 1.89 bits per heavy atom. The molecule has 0 saturated heterocycles. The molecule has 2 rings (SSSR count). The number of aromatic nitrogens is 1. The normalized spacial score (nSPS) is 10.5. The summed E-state index contributed by atoms with van der Waals surface area (Å²) in [6.45, 7) is 1.77. The summed E-state index contributed by atoms with van der Waals surface area (Å²) < 4.78 is 1.14. The molecule has 98 valence electrons. The summed E-state index contributed by atoms with van der Waals surface area (Å²) in [6, 6.07) is 5.73. The Morgan fingerprint density at radius 1 is 1.21 bits per heavy atom. The van der Waals surface area contributed by atoms with Crippen LogP contribution in [0, 0.1) is 6.92 Å². The van der Waals surface area contributed by atoms with Gasteiger partial charge in [-0.15, -0.1) is 0 Å². The lowest BCUT2D eigenvalue weighted by Gasteiger charge is -2.12. The van der Waals surface area contributed by atoms with E-state index in [-0.39, 0.29) is 16.3 Å². The SMILES string of the molecule is Cc1ccc(Cl)c(-n2cc(C(=O)O)ccc2=O)c1Cl. The molecule has 4 nitrogen and oxygen atoms in total. The molecule has 6 heteroatoms. The van der Waals surface area contributed by atoms with Crippen molar-refractivity contribution in [3.63, 3.8) is 0 Å². The van der Waals surface area contributed by atoms with Gasteiger partial charge in [0.15, 0.2) is 0 Å². The fraction of sp³-hybridized carbons (Fsp3) is 0.0769. The molecular formula is C13H9Cl2NO3. The Hall–Kier alpha value is -1.78. The summed E-state index contributed by atoms with van der Waals surface area (Å²) in [5.74, 6) is -1.13. The van der Waals surface area contributed by atoms with Gasteiger partial charge in [0, 0.05) is 12.3 Å². The van der Waals surface area contributed by atoms with Crippen LogP contribution in [0.4, 0.5) is 0 Å². The number of hydrogen-bond acceptors (Lipinski definition) is 2. The van der Waals surface area contributed by atoms with E-state index in [0.29, 0.717) is 5.02 Å². The molecule has 0 aliphatic carbocycles. The Balaban J connectivity index is 2.79. The van der Waals surface area contributed by atoms with Crippen LogP contribution < -0.4 is 5.56 Å². The lowest BCUT2D eigenvalue weighted by molar-refractivity contribution is 0.0696. The van der Waals surface area contributed by atoms with Gasteiger partial charge in [0.05, 0.1) is 21.3 Å². The monoisotopic (exact) mass is 297 g/mol. The second-order valence-electron chi connectivity index (χ2n) is 3.96. The number of benzene rings is 1. The molecule has 1 aromatic heterocycles. The minimum absolute atomic E-state index is 0.0201. The zero-order valence-electron chi connectivity index (χ0n) is 9.85. The summed E-state index contributed by atoms with van der Waals surface area (Å²) in [5.41, 5.74) is 0.609. The molecule has 19 heavy (non-hydrogen) atoms. The zero-order chi connectivity index (χ0) is 14.2. The van der Waals surface area contributed by atoms with Crippen molar-refractivity contribution in [3.8, 4) is 5.69 Å². The summed E-state index contributed by atoms with van der Waals surface area (Å²) >= 11 is 12.2. The molecule has 0 aliphatic heterocycles. The summed E-state index contributed by atoms with van der Waals surface area (Å²) in [5, 5.41) is 9.55. The average Bonchev–Trinajstić information content (AvgIpc) is 2.36. The Kier molecular flexibility index (Phi) is 3.64. The largest absolute Gasteiger partial charge is 0.478 e. The first-order valence-corrected chi connectivity index (χ1v) is 6.08. The van der Waals surface area contributed by atoms with E-state index in [1.807, 2.05) is 0 Å². The van der Waals surface area contributed by atoms with Crippen molar-refractivity contribution in [2.45, 2.75) is 6.92 Å². The number of nitrogens with zero attached hydrogens (tertiary/aromatic N) is 1. The standard InChI is InChI=1S/C13H9Cl2NO3/c1-7-2-4-9(14)12(11(7)15)16-6-8(13(18)19)3-5-10(16)17/h2-6H,1H3,(H,18,19). The van der Waals surface area contributed by atoms with Crippen LogP contribution >= 0.6 is 23.2 Å². The summed E-state index contributed by atoms with van der Waals surface area (Å²) in [6.07, 6.45) is 1.21. The highest BCUT2D eigenvalue weighted by Crippen LogP contribution is 2.30. The van der Waals surface area contributed by atoms with Crippen LogP contribution in [0.25, 0.3) is 5.69 Å². The molecule has 0 radical (unpaired) electrons. The lowest BCUT2D eigenvalue weighted by atomic mass is 10.2. The van der Waals surface area contributed by atoms with E-state index in [0.717, 1.165) is 10.1 Å². The highest BCUT2D eigenvalue weighted by molar-refractivity contribution is 6.38. The summed E-state index contributed by atoms with van der Waals surface area (Å²) in [7, 11) is 0. The molecule has 0 fully saturated rings. The number of aryl methyl sites for hydroxylation is 1. The number of halogens is 2. The fourth-order valence-corrected chi connectivity index (χ4v) is 2.20. The predicted molar refractivity (Wildman–Crippen MR) is 73.8 cm³/mol. The molecule has 0 amide bonds. The lowest BCUT2D eigenvalue weighted by Crippen LogP contribution is -2.19. The van der Waals surface area contributed by atoms with E-state index in [4.69, 9.17) is 28.3 Å². The van der Waals surface area contributed by atoms with Crippen LogP contribution in [0.15, 0.2) is 35.3 Å². The van der Waals surface area contributed by atoms with Gasteiger partial charge in [0.2, 0.25) is 0 Å². The third kappa shape index (κ3) is 2.50. The number of carboxylic acids is 1. The van der Waals surface area contributed by atoms with Crippen LogP contribution in [0.5, 0.6) is 0 Å². The van der Waals surface area contributed by atoms with E-state index in [9.17, 15) is 9.59 Å². The third-order valence-corrected chi connectivity index (χ3v) is 3.44. The molecule has 0 unspecified atom stereocenters. The van der Waals surface area contributed by atoms with Gasteiger partial charge in [-0.2, -0.15) is 0 Å². The molecule has 2 aromatic rings. The Morgan fingerprint density at radius 3 is 2.53 bits per heavy atom. The first-order valence-electron chi connectivity index (χ1n) is 5.33. The number of pyridine rings is 1. The first kappa shape index (κ1) is 13.6. The van der Waals surface area contributed by atoms with Gasteiger partial charge in [-0.1, -0.05) is 29.3 Å². The van der Waals surface area contributed by atoms with Gasteiger partial charge in [-0.3, -0.25) is 9.36 Å². The highest BCUT2D eigenvalue weighted by Gasteiger charge is 2.14. The molecule has 0 bridgehead atoms. The van der Waals surface area contributed by atoms with Gasteiger partial charge in [-0.25, -0.2) is 4.79 Å². The second-order valence-corrected chi connectivity index (χ2v) is 4.74. The number of rotatable bonds is 2. The molecule has 0 atom stereocenters. The maximum Gasteiger partial charge on any atom is 0.337 e. The molecule has 0 aliphatic rings. The first-order chi connectivity index (χ1) is 8.91. The molecule has 1 heterocycles. The number of hydrogen-bond donors (Lipinski definition) is 1. The van der Waals surface area contributed by atoms with Gasteiger partial charge in [0.25, 0.3) is 5.56 Å². The Labute approximate surface area is 118 Å². The quantitative estimate of drug-likeness (QED) is 0.926.